The van der Waals surface area contributed by atoms with Crippen LogP contribution in [0.2, 0.25) is 0 Å². The third-order valence-electron chi connectivity index (χ3n) is 7.81. The molecule has 2 saturated carbocycles. The Morgan fingerprint density at radius 1 is 0.895 bits per heavy atom. The van der Waals surface area contributed by atoms with E-state index in [1.807, 2.05) is 44.3 Å². The summed E-state index contributed by atoms with van der Waals surface area (Å²) in [5, 5.41) is 6.23. The van der Waals surface area contributed by atoms with Gasteiger partial charge in [0.05, 0.1) is 0 Å². The minimum absolute atomic E-state index is 0.00995. The maximum Gasteiger partial charge on any atom is 0.225 e. The molecule has 2 aromatic carbocycles. The average molecular weight is 511 g/mol. The van der Waals surface area contributed by atoms with Crippen LogP contribution < -0.4 is 16.4 Å². The zero-order valence-corrected chi connectivity index (χ0v) is 22.4. The molecule has 0 radical (unpaired) electrons. The molecule has 6 heteroatoms. The van der Waals surface area contributed by atoms with E-state index in [9.17, 15) is 9.59 Å². The van der Waals surface area contributed by atoms with Crippen molar-refractivity contribution in [2.45, 2.75) is 70.4 Å². The third-order valence-corrected chi connectivity index (χ3v) is 7.81. The van der Waals surface area contributed by atoms with Crippen molar-refractivity contribution in [1.29, 1.82) is 0 Å². The Labute approximate surface area is 225 Å². The second-order valence-corrected chi connectivity index (χ2v) is 11.5. The molecule has 2 fully saturated rings. The number of rotatable bonds is 8. The summed E-state index contributed by atoms with van der Waals surface area (Å²) in [4.78, 5) is 29.6. The van der Waals surface area contributed by atoms with Crippen molar-refractivity contribution in [2.24, 2.45) is 17.6 Å². The lowest BCUT2D eigenvalue weighted by molar-refractivity contribution is -0.123. The van der Waals surface area contributed by atoms with Crippen LogP contribution in [0.4, 0.5) is 5.82 Å². The van der Waals surface area contributed by atoms with Gasteiger partial charge >= 0.3 is 0 Å². The van der Waals surface area contributed by atoms with Gasteiger partial charge in [0.1, 0.15) is 5.82 Å². The topological polar surface area (TPSA) is 97.1 Å². The highest BCUT2D eigenvalue weighted by molar-refractivity contribution is 5.92. The quantitative estimate of drug-likeness (QED) is 0.345. The normalized spacial score (nSPS) is 19.6. The minimum atomic E-state index is -0.406. The van der Waals surface area contributed by atoms with E-state index in [1.165, 1.54) is 0 Å². The molecule has 0 unspecified atom stereocenters. The van der Waals surface area contributed by atoms with Gasteiger partial charge in [-0.2, -0.15) is 0 Å². The summed E-state index contributed by atoms with van der Waals surface area (Å²) >= 11 is 0. The Morgan fingerprint density at radius 3 is 2.18 bits per heavy atom. The fourth-order valence-electron chi connectivity index (χ4n) is 5.32. The number of pyridine rings is 1. The standard InChI is InChI=1S/C32H38N4O2/c1-32(2,33)25-14-12-23(13-15-25)28-20-34-29(19-27(28)22-6-4-3-5-7-22)36-30(37)18-21-8-16-26(17-9-21)35-31(38)24-10-11-24/h3-7,12-15,19-21,24,26H,8-11,16-18,33H2,1-2H3,(H,35,38)(H,34,36,37)/t21-,26-. The van der Waals surface area contributed by atoms with Crippen LogP contribution >= 0.6 is 0 Å². The molecule has 0 saturated heterocycles. The lowest BCUT2D eigenvalue weighted by Crippen LogP contribution is -2.38. The van der Waals surface area contributed by atoms with Crippen LogP contribution in [-0.4, -0.2) is 22.8 Å². The largest absolute Gasteiger partial charge is 0.353 e. The van der Waals surface area contributed by atoms with Gasteiger partial charge in [0.2, 0.25) is 11.8 Å². The summed E-state index contributed by atoms with van der Waals surface area (Å²) in [5.41, 5.74) is 11.1. The molecular weight excluding hydrogens is 472 g/mol. The van der Waals surface area contributed by atoms with E-state index in [-0.39, 0.29) is 23.8 Å². The van der Waals surface area contributed by atoms with E-state index in [1.54, 1.807) is 0 Å². The molecule has 3 aromatic rings. The summed E-state index contributed by atoms with van der Waals surface area (Å²) in [7, 11) is 0. The average Bonchev–Trinajstić information content (AvgIpc) is 3.76. The summed E-state index contributed by atoms with van der Waals surface area (Å²) < 4.78 is 0. The maximum atomic E-state index is 12.9. The van der Waals surface area contributed by atoms with Gasteiger partial charge in [-0.15, -0.1) is 0 Å². The number of anilines is 1. The van der Waals surface area contributed by atoms with E-state index in [2.05, 4.69) is 52.0 Å². The van der Waals surface area contributed by atoms with Crippen LogP contribution in [0.3, 0.4) is 0 Å². The van der Waals surface area contributed by atoms with Gasteiger partial charge in [-0.3, -0.25) is 9.59 Å². The lowest BCUT2D eigenvalue weighted by atomic mass is 9.84. The van der Waals surface area contributed by atoms with Crippen LogP contribution in [0.15, 0.2) is 66.9 Å². The molecule has 0 bridgehead atoms. The number of amides is 2. The first-order chi connectivity index (χ1) is 18.3. The second kappa shape index (κ2) is 11.1. The van der Waals surface area contributed by atoms with Gasteiger partial charge in [0.25, 0.3) is 0 Å². The van der Waals surface area contributed by atoms with Crippen molar-refractivity contribution in [1.82, 2.24) is 10.3 Å². The Bertz CT molecular complexity index is 1270. The molecule has 6 nitrogen and oxygen atoms in total. The number of carbonyl (C=O) groups excluding carboxylic acids is 2. The number of hydrogen-bond acceptors (Lipinski definition) is 4. The number of aromatic nitrogens is 1. The van der Waals surface area contributed by atoms with E-state index in [0.717, 1.165) is 66.3 Å². The summed E-state index contributed by atoms with van der Waals surface area (Å²) in [6.45, 7) is 3.99. The Kier molecular flexibility index (Phi) is 7.61. The summed E-state index contributed by atoms with van der Waals surface area (Å²) in [5.74, 6) is 1.35. The highest BCUT2D eigenvalue weighted by atomic mass is 16.2. The fraction of sp³-hybridized carbons (Fsp3) is 0.406. The zero-order chi connectivity index (χ0) is 26.7. The number of benzene rings is 2. The number of nitrogens with zero attached hydrogens (tertiary/aromatic N) is 1. The SMILES string of the molecule is CC(C)(N)c1ccc(-c2cnc(NC(=O)C[C@H]3CC[C@H](NC(=O)C4CC4)CC3)cc2-c2ccccc2)cc1. The van der Waals surface area contributed by atoms with Crippen molar-refractivity contribution in [3.05, 3.63) is 72.4 Å². The Balaban J connectivity index is 1.26. The molecular formula is C32H38N4O2. The van der Waals surface area contributed by atoms with Gasteiger partial charge in [-0.1, -0.05) is 54.6 Å². The molecule has 0 spiro atoms. The maximum absolute atomic E-state index is 12.9. The molecule has 4 N–H and O–H groups in total. The molecule has 1 aromatic heterocycles. The first-order valence-corrected chi connectivity index (χ1v) is 13.8. The van der Waals surface area contributed by atoms with Gasteiger partial charge < -0.3 is 16.4 Å². The smallest absolute Gasteiger partial charge is 0.225 e. The number of hydrogen-bond donors (Lipinski definition) is 3. The van der Waals surface area contributed by atoms with Crippen LogP contribution in [0.25, 0.3) is 22.3 Å². The molecule has 2 aliphatic carbocycles. The predicted molar refractivity (Wildman–Crippen MR) is 152 cm³/mol. The number of nitrogens with one attached hydrogen (secondary N) is 2. The van der Waals surface area contributed by atoms with E-state index >= 15 is 0 Å². The molecule has 0 aliphatic heterocycles. The van der Waals surface area contributed by atoms with E-state index < -0.39 is 5.54 Å². The van der Waals surface area contributed by atoms with Crippen LogP contribution in [0.5, 0.6) is 0 Å². The Morgan fingerprint density at radius 2 is 1.55 bits per heavy atom. The zero-order valence-electron chi connectivity index (χ0n) is 22.4. The molecule has 5 rings (SSSR count). The summed E-state index contributed by atoms with van der Waals surface area (Å²) in [6, 6.07) is 20.7. The molecule has 1 heterocycles. The summed E-state index contributed by atoms with van der Waals surface area (Å²) in [6.07, 6.45) is 8.18. The van der Waals surface area contributed by atoms with Gasteiger partial charge in [-0.05, 0) is 86.6 Å². The Hall–Kier alpha value is -3.51. The number of nitrogens with two attached hydrogens (primary N) is 1. The van der Waals surface area contributed by atoms with Gasteiger partial charge in [0, 0.05) is 35.7 Å². The van der Waals surface area contributed by atoms with Crippen molar-refractivity contribution >= 4 is 17.6 Å². The van der Waals surface area contributed by atoms with Crippen molar-refractivity contribution < 1.29 is 9.59 Å². The van der Waals surface area contributed by atoms with Gasteiger partial charge in [0.15, 0.2) is 0 Å². The monoisotopic (exact) mass is 510 g/mol. The molecule has 2 aliphatic rings. The van der Waals surface area contributed by atoms with E-state index in [4.69, 9.17) is 5.73 Å². The molecule has 198 valence electrons. The highest BCUT2D eigenvalue weighted by Crippen LogP contribution is 2.35. The van der Waals surface area contributed by atoms with Crippen LogP contribution in [0, 0.1) is 11.8 Å². The first-order valence-electron chi connectivity index (χ1n) is 13.8. The minimum Gasteiger partial charge on any atom is -0.353 e. The number of carbonyl (C=O) groups is 2. The van der Waals surface area contributed by atoms with Crippen LogP contribution in [0.1, 0.15) is 64.4 Å². The van der Waals surface area contributed by atoms with Crippen LogP contribution in [-0.2, 0) is 15.1 Å². The van der Waals surface area contributed by atoms with E-state index in [0.29, 0.717) is 18.2 Å². The third kappa shape index (κ3) is 6.48. The lowest BCUT2D eigenvalue weighted by Gasteiger charge is -2.28. The van der Waals surface area contributed by atoms with Crippen molar-refractivity contribution in [2.75, 3.05) is 5.32 Å². The first kappa shape index (κ1) is 26.1. The highest BCUT2D eigenvalue weighted by Gasteiger charge is 2.32. The predicted octanol–water partition coefficient (Wildman–Crippen LogP) is 6.02. The van der Waals surface area contributed by atoms with Gasteiger partial charge in [-0.25, -0.2) is 4.98 Å². The molecule has 0 atom stereocenters. The molecule has 2 amide bonds. The molecule has 38 heavy (non-hydrogen) atoms. The van der Waals surface area contributed by atoms with Crippen molar-refractivity contribution in [3.8, 4) is 22.3 Å². The fourth-order valence-corrected chi connectivity index (χ4v) is 5.32. The van der Waals surface area contributed by atoms with Crippen molar-refractivity contribution in [3.63, 3.8) is 0 Å². The second-order valence-electron chi connectivity index (χ2n) is 11.5.